The first-order valence-electron chi connectivity index (χ1n) is 6.75. The maximum atomic E-state index is 12.4. The number of amides is 1. The smallest absolute Gasteiger partial charge is 0.243 e. The molecule has 1 heterocycles. The van der Waals surface area contributed by atoms with Gasteiger partial charge in [0.05, 0.1) is 7.11 Å². The van der Waals surface area contributed by atoms with E-state index in [2.05, 4.69) is 0 Å². The summed E-state index contributed by atoms with van der Waals surface area (Å²) in [6, 6.07) is 15.6. The van der Waals surface area contributed by atoms with Gasteiger partial charge < -0.3 is 4.74 Å². The number of nitrogens with zero attached hydrogens (tertiary/aromatic N) is 1. The molecular formula is C16H15NO4S. The summed E-state index contributed by atoms with van der Waals surface area (Å²) < 4.78 is 29.9. The predicted molar refractivity (Wildman–Crippen MR) is 83.4 cm³/mol. The number of sulfone groups is 1. The first kappa shape index (κ1) is 14.6. The monoisotopic (exact) mass is 317 g/mol. The third-order valence-corrected chi connectivity index (χ3v) is 5.42. The second-order valence-corrected chi connectivity index (χ2v) is 7.09. The van der Waals surface area contributed by atoms with E-state index < -0.39 is 26.9 Å². The van der Waals surface area contributed by atoms with E-state index in [-0.39, 0.29) is 0 Å². The zero-order valence-electron chi connectivity index (χ0n) is 12.0. The number of carbonyl (C=O) groups is 1. The number of carbonyl (C=O) groups excluding carboxylic acids is 1. The number of hydrogen-bond donors (Lipinski definition) is 0. The second kappa shape index (κ2) is 5.46. The lowest BCUT2D eigenvalue weighted by molar-refractivity contribution is -0.115. The highest BCUT2D eigenvalue weighted by molar-refractivity contribution is 7.93. The standard InChI is InChI=1S/C16H15NO4S/c1-21-14-9-7-13(8-10-14)17-15(18)11-22(19,20)16(17)12-5-3-2-4-6-12/h2-10,16H,11H2,1H3. The van der Waals surface area contributed by atoms with Gasteiger partial charge in [-0.1, -0.05) is 30.3 Å². The zero-order valence-corrected chi connectivity index (χ0v) is 12.8. The molecule has 3 rings (SSSR count). The molecule has 6 heteroatoms. The molecule has 1 amide bonds. The topological polar surface area (TPSA) is 63.7 Å². The molecule has 1 unspecified atom stereocenters. The molecule has 1 aliphatic heterocycles. The third-order valence-electron chi connectivity index (χ3n) is 3.60. The van der Waals surface area contributed by atoms with Crippen molar-refractivity contribution in [2.24, 2.45) is 0 Å². The van der Waals surface area contributed by atoms with Gasteiger partial charge in [0.25, 0.3) is 0 Å². The zero-order chi connectivity index (χ0) is 15.7. The van der Waals surface area contributed by atoms with E-state index in [0.717, 1.165) is 0 Å². The molecule has 1 aliphatic rings. The summed E-state index contributed by atoms with van der Waals surface area (Å²) in [7, 11) is -2.01. The molecule has 0 radical (unpaired) electrons. The van der Waals surface area contributed by atoms with E-state index in [9.17, 15) is 13.2 Å². The first-order valence-corrected chi connectivity index (χ1v) is 8.47. The van der Waals surface area contributed by atoms with E-state index in [1.807, 2.05) is 6.07 Å². The van der Waals surface area contributed by atoms with Crippen LogP contribution in [0.5, 0.6) is 5.75 Å². The molecule has 2 aromatic carbocycles. The Morgan fingerprint density at radius 3 is 2.27 bits per heavy atom. The Bertz CT molecular complexity index is 785. The minimum absolute atomic E-state index is 0.418. The van der Waals surface area contributed by atoms with Crippen molar-refractivity contribution >= 4 is 21.4 Å². The molecule has 0 bridgehead atoms. The molecule has 5 nitrogen and oxygen atoms in total. The van der Waals surface area contributed by atoms with Crippen LogP contribution in [0.4, 0.5) is 5.69 Å². The molecular weight excluding hydrogens is 302 g/mol. The molecule has 0 N–H and O–H groups in total. The van der Waals surface area contributed by atoms with Gasteiger partial charge in [0.2, 0.25) is 5.91 Å². The fourth-order valence-electron chi connectivity index (χ4n) is 2.61. The van der Waals surface area contributed by atoms with Gasteiger partial charge in [-0.25, -0.2) is 8.42 Å². The van der Waals surface area contributed by atoms with Crippen molar-refractivity contribution in [1.29, 1.82) is 0 Å². The van der Waals surface area contributed by atoms with Crippen LogP contribution in [-0.4, -0.2) is 27.2 Å². The summed E-state index contributed by atoms with van der Waals surface area (Å²) in [5.41, 5.74) is 1.13. The molecule has 0 spiro atoms. The number of anilines is 1. The minimum Gasteiger partial charge on any atom is -0.497 e. The summed E-state index contributed by atoms with van der Waals surface area (Å²) in [6.07, 6.45) is 0. The largest absolute Gasteiger partial charge is 0.497 e. The Morgan fingerprint density at radius 1 is 1.05 bits per heavy atom. The SMILES string of the molecule is COc1ccc(N2C(=O)CS(=O)(=O)C2c2ccccc2)cc1. The molecule has 2 aromatic rings. The average molecular weight is 317 g/mol. The summed E-state index contributed by atoms with van der Waals surface area (Å²) in [6.45, 7) is 0. The first-order chi connectivity index (χ1) is 10.5. The fourth-order valence-corrected chi connectivity index (χ4v) is 4.38. The van der Waals surface area contributed by atoms with Crippen LogP contribution >= 0.6 is 0 Å². The lowest BCUT2D eigenvalue weighted by atomic mass is 10.2. The van der Waals surface area contributed by atoms with Crippen LogP contribution in [0.1, 0.15) is 10.9 Å². The summed E-state index contributed by atoms with van der Waals surface area (Å²) in [5, 5.41) is -0.977. The highest BCUT2D eigenvalue weighted by Crippen LogP contribution is 2.37. The quantitative estimate of drug-likeness (QED) is 0.870. The number of ether oxygens (including phenoxy) is 1. The lowest BCUT2D eigenvalue weighted by Crippen LogP contribution is -2.29. The van der Waals surface area contributed by atoms with Crippen LogP contribution in [0, 0.1) is 0 Å². The van der Waals surface area contributed by atoms with Crippen LogP contribution in [0.25, 0.3) is 0 Å². The molecule has 1 fully saturated rings. The van der Waals surface area contributed by atoms with E-state index in [1.165, 1.54) is 4.90 Å². The van der Waals surface area contributed by atoms with E-state index in [0.29, 0.717) is 17.0 Å². The van der Waals surface area contributed by atoms with Gasteiger partial charge in [0.15, 0.2) is 15.2 Å². The summed E-state index contributed by atoms with van der Waals surface area (Å²) >= 11 is 0. The molecule has 0 saturated carbocycles. The average Bonchev–Trinajstić information content (AvgIpc) is 2.77. The van der Waals surface area contributed by atoms with Crippen LogP contribution in [0.3, 0.4) is 0 Å². The summed E-state index contributed by atoms with van der Waals surface area (Å²) in [4.78, 5) is 13.6. The van der Waals surface area contributed by atoms with Gasteiger partial charge in [0.1, 0.15) is 11.5 Å². The molecule has 0 aliphatic carbocycles. The van der Waals surface area contributed by atoms with E-state index >= 15 is 0 Å². The van der Waals surface area contributed by atoms with Crippen molar-refractivity contribution in [3.05, 3.63) is 60.2 Å². The molecule has 1 saturated heterocycles. The fraction of sp³-hybridized carbons (Fsp3) is 0.188. The van der Waals surface area contributed by atoms with E-state index in [1.54, 1.807) is 55.6 Å². The Labute approximate surface area is 129 Å². The number of benzene rings is 2. The van der Waals surface area contributed by atoms with Gasteiger partial charge in [-0.2, -0.15) is 0 Å². The van der Waals surface area contributed by atoms with Crippen LogP contribution in [-0.2, 0) is 14.6 Å². The van der Waals surface area contributed by atoms with Crippen molar-refractivity contribution in [1.82, 2.24) is 0 Å². The number of hydrogen-bond acceptors (Lipinski definition) is 4. The minimum atomic E-state index is -3.56. The van der Waals surface area contributed by atoms with Gasteiger partial charge in [0, 0.05) is 5.69 Å². The highest BCUT2D eigenvalue weighted by atomic mass is 32.2. The lowest BCUT2D eigenvalue weighted by Gasteiger charge is -2.24. The summed E-state index contributed by atoms with van der Waals surface area (Å²) in [5.74, 6) is -0.243. The number of rotatable bonds is 3. The highest BCUT2D eigenvalue weighted by Gasteiger charge is 2.45. The van der Waals surface area contributed by atoms with Crippen molar-refractivity contribution < 1.29 is 17.9 Å². The maximum Gasteiger partial charge on any atom is 0.243 e. The molecule has 22 heavy (non-hydrogen) atoms. The Morgan fingerprint density at radius 2 is 1.68 bits per heavy atom. The van der Waals surface area contributed by atoms with Crippen molar-refractivity contribution in [2.45, 2.75) is 5.37 Å². The van der Waals surface area contributed by atoms with Crippen molar-refractivity contribution in [3.63, 3.8) is 0 Å². The normalized spacial score (nSPS) is 20.1. The van der Waals surface area contributed by atoms with Crippen LogP contribution in [0.2, 0.25) is 0 Å². The Hall–Kier alpha value is -2.34. The van der Waals surface area contributed by atoms with Gasteiger partial charge in [-0.05, 0) is 29.8 Å². The number of methoxy groups -OCH3 is 1. The second-order valence-electron chi connectivity index (χ2n) is 5.03. The van der Waals surface area contributed by atoms with Crippen molar-refractivity contribution in [3.8, 4) is 5.75 Å². The van der Waals surface area contributed by atoms with Crippen molar-refractivity contribution in [2.75, 3.05) is 17.8 Å². The molecule has 0 aromatic heterocycles. The predicted octanol–water partition coefficient (Wildman–Crippen LogP) is 2.16. The van der Waals surface area contributed by atoms with Gasteiger partial charge >= 0.3 is 0 Å². The third kappa shape index (κ3) is 2.46. The Kier molecular flexibility index (Phi) is 3.62. The van der Waals surface area contributed by atoms with Gasteiger partial charge in [-0.15, -0.1) is 0 Å². The van der Waals surface area contributed by atoms with Gasteiger partial charge in [-0.3, -0.25) is 9.69 Å². The maximum absolute atomic E-state index is 12.4. The Balaban J connectivity index is 2.08. The van der Waals surface area contributed by atoms with Crippen LogP contribution < -0.4 is 9.64 Å². The molecule has 114 valence electrons. The molecule has 1 atom stereocenters. The van der Waals surface area contributed by atoms with Crippen LogP contribution in [0.15, 0.2) is 54.6 Å². The van der Waals surface area contributed by atoms with E-state index in [4.69, 9.17) is 4.74 Å².